The Bertz CT molecular complexity index is 1160. The number of ether oxygens (including phenoxy) is 3. The third-order valence-electron chi connectivity index (χ3n) is 6.65. The van der Waals surface area contributed by atoms with Gasteiger partial charge in [0.1, 0.15) is 34.6 Å². The van der Waals surface area contributed by atoms with Crippen molar-refractivity contribution in [1.82, 2.24) is 20.0 Å². The van der Waals surface area contributed by atoms with Crippen LogP contribution in [0.15, 0.2) is 0 Å². The lowest BCUT2D eigenvalue weighted by Gasteiger charge is -2.34. The topological polar surface area (TPSA) is 189 Å². The molecule has 16 heteroatoms. The van der Waals surface area contributed by atoms with Gasteiger partial charge in [-0.1, -0.05) is 0 Å². The van der Waals surface area contributed by atoms with E-state index in [0.29, 0.717) is 39.3 Å². The summed E-state index contributed by atoms with van der Waals surface area (Å²) in [7, 11) is -4.55. The Hall–Kier alpha value is -2.66. The van der Waals surface area contributed by atoms with Crippen molar-refractivity contribution >= 4 is 39.7 Å². The van der Waals surface area contributed by atoms with Crippen molar-refractivity contribution in [1.29, 1.82) is 0 Å². The highest BCUT2D eigenvalue weighted by atomic mass is 32.2. The molecule has 2 atom stereocenters. The lowest BCUT2D eigenvalue weighted by molar-refractivity contribution is -0.163. The molecule has 0 saturated carbocycles. The monoisotopic (exact) mass is 692 g/mol. The number of carbonyl (C=O) groups is 5. The van der Waals surface area contributed by atoms with E-state index in [-0.39, 0.29) is 25.9 Å². The first kappa shape index (κ1) is 42.4. The van der Waals surface area contributed by atoms with E-state index in [1.807, 2.05) is 14.7 Å². The molecule has 2 N–H and O–H groups in total. The second-order valence-electron chi connectivity index (χ2n) is 14.8. The zero-order valence-electron chi connectivity index (χ0n) is 29.7. The van der Waals surface area contributed by atoms with Crippen molar-refractivity contribution in [3.8, 4) is 0 Å². The van der Waals surface area contributed by atoms with E-state index in [4.69, 9.17) is 14.2 Å². The molecule has 0 bridgehead atoms. The predicted octanol–water partition coefficient (Wildman–Crippen LogP) is 1.04. The van der Waals surface area contributed by atoms with Crippen molar-refractivity contribution < 1.29 is 51.2 Å². The standard InChI is InChI=1S/C31H56N4O11S/c1-22(36)23(21-47(41,42)43)32-25(37)12-11-24(28(40)46-31(8,9)10)35-17-15-33(19-26(38)44-29(2,3)4)13-14-34(16-18-35)20-27(39)45-30(5,6)7/h23-24H,11-21H2,1-10H3,(H,32,37)(H,41,42,43)/t23-,24+/m0/s1. The number of esters is 3. The first-order valence-electron chi connectivity index (χ1n) is 15.8. The lowest BCUT2D eigenvalue weighted by Crippen LogP contribution is -2.50. The van der Waals surface area contributed by atoms with E-state index in [0.717, 1.165) is 6.92 Å². The Morgan fingerprint density at radius 2 is 1.13 bits per heavy atom. The highest BCUT2D eigenvalue weighted by molar-refractivity contribution is 7.85. The van der Waals surface area contributed by atoms with Gasteiger partial charge in [-0.25, -0.2) is 0 Å². The normalized spacial score (nSPS) is 17.8. The van der Waals surface area contributed by atoms with E-state index in [2.05, 4.69) is 5.32 Å². The number of rotatable bonds is 13. The Kier molecular flexibility index (Phi) is 15.9. The smallest absolute Gasteiger partial charge is 0.323 e. The zero-order chi connectivity index (χ0) is 36.4. The Labute approximate surface area is 279 Å². The van der Waals surface area contributed by atoms with Crippen LogP contribution in [-0.4, -0.2) is 144 Å². The van der Waals surface area contributed by atoms with E-state index in [9.17, 15) is 36.9 Å². The van der Waals surface area contributed by atoms with Gasteiger partial charge in [0.25, 0.3) is 10.1 Å². The fraction of sp³-hybridized carbons (Fsp3) is 0.839. The molecule has 47 heavy (non-hydrogen) atoms. The number of nitrogens with one attached hydrogen (secondary N) is 1. The number of hydrogen-bond donors (Lipinski definition) is 2. The number of carbonyl (C=O) groups excluding carboxylic acids is 5. The van der Waals surface area contributed by atoms with Crippen molar-refractivity contribution in [3.05, 3.63) is 0 Å². The van der Waals surface area contributed by atoms with Gasteiger partial charge in [0.2, 0.25) is 5.91 Å². The molecular formula is C31H56N4O11S. The molecule has 0 aromatic heterocycles. The summed E-state index contributed by atoms with van der Waals surface area (Å²) in [6.45, 7) is 19.0. The second-order valence-corrected chi connectivity index (χ2v) is 16.3. The van der Waals surface area contributed by atoms with E-state index < -0.39 is 74.4 Å². The minimum Gasteiger partial charge on any atom is -0.459 e. The minimum absolute atomic E-state index is 0.0227. The number of amides is 1. The molecule has 1 fully saturated rings. The quantitative estimate of drug-likeness (QED) is 0.158. The fourth-order valence-electron chi connectivity index (χ4n) is 4.72. The molecule has 272 valence electrons. The van der Waals surface area contributed by atoms with Crippen LogP contribution < -0.4 is 5.32 Å². The SMILES string of the molecule is CC(=O)[C@H](CS(=O)(=O)O)NC(=O)CC[C@H](C(=O)OC(C)(C)C)N1CCN(CC(=O)OC(C)(C)C)CCN(CC(=O)OC(C)(C)C)CC1. The fourth-order valence-corrected chi connectivity index (χ4v) is 5.46. The van der Waals surface area contributed by atoms with Crippen LogP contribution in [0, 0.1) is 0 Å². The van der Waals surface area contributed by atoms with Crippen molar-refractivity contribution in [2.24, 2.45) is 0 Å². The van der Waals surface area contributed by atoms with Crippen molar-refractivity contribution in [2.45, 2.75) is 111 Å². The van der Waals surface area contributed by atoms with Crippen LogP contribution >= 0.6 is 0 Å². The minimum atomic E-state index is -4.55. The van der Waals surface area contributed by atoms with Crippen molar-refractivity contribution in [3.63, 3.8) is 0 Å². The molecular weight excluding hydrogens is 636 g/mol. The molecule has 1 heterocycles. The van der Waals surface area contributed by atoms with Gasteiger partial charge < -0.3 is 19.5 Å². The van der Waals surface area contributed by atoms with Gasteiger partial charge in [0.15, 0.2) is 5.78 Å². The predicted molar refractivity (Wildman–Crippen MR) is 174 cm³/mol. The van der Waals surface area contributed by atoms with Crippen LogP contribution in [0.4, 0.5) is 0 Å². The molecule has 0 aromatic carbocycles. The molecule has 1 aliphatic heterocycles. The molecule has 0 aliphatic carbocycles. The summed E-state index contributed by atoms with van der Waals surface area (Å²) in [5.41, 5.74) is -2.22. The summed E-state index contributed by atoms with van der Waals surface area (Å²) >= 11 is 0. The summed E-state index contributed by atoms with van der Waals surface area (Å²) in [6.07, 6.45) is -0.311. The van der Waals surface area contributed by atoms with Crippen LogP contribution in [0.2, 0.25) is 0 Å². The van der Waals surface area contributed by atoms with Crippen molar-refractivity contribution in [2.75, 3.05) is 58.1 Å². The third-order valence-corrected chi connectivity index (χ3v) is 7.41. The van der Waals surface area contributed by atoms with Crippen LogP contribution in [0.3, 0.4) is 0 Å². The third kappa shape index (κ3) is 19.7. The van der Waals surface area contributed by atoms with E-state index >= 15 is 0 Å². The van der Waals surface area contributed by atoms with Crippen LogP contribution in [-0.2, 0) is 48.3 Å². The van der Waals surface area contributed by atoms with Gasteiger partial charge in [0, 0.05) is 45.7 Å². The molecule has 0 radical (unpaired) electrons. The first-order valence-corrected chi connectivity index (χ1v) is 17.4. The zero-order valence-corrected chi connectivity index (χ0v) is 30.5. The Morgan fingerprint density at radius 3 is 1.49 bits per heavy atom. The number of Topliss-reactive ketones (excluding diaryl/α,β-unsaturated/α-hetero) is 1. The lowest BCUT2D eigenvalue weighted by atomic mass is 10.1. The average Bonchev–Trinajstić information content (AvgIpc) is 2.91. The summed E-state index contributed by atoms with van der Waals surface area (Å²) in [6, 6.07) is -2.40. The Balaban J connectivity index is 3.31. The molecule has 1 saturated heterocycles. The van der Waals surface area contributed by atoms with E-state index in [1.54, 1.807) is 62.3 Å². The summed E-state index contributed by atoms with van der Waals surface area (Å²) in [5, 5.41) is 2.33. The molecule has 1 rings (SSSR count). The van der Waals surface area contributed by atoms with Gasteiger partial charge in [-0.3, -0.25) is 43.2 Å². The molecule has 0 spiro atoms. The summed E-state index contributed by atoms with van der Waals surface area (Å²) in [5.74, 6) is -3.77. The van der Waals surface area contributed by atoms with Gasteiger partial charge in [0.05, 0.1) is 13.1 Å². The van der Waals surface area contributed by atoms with E-state index in [1.165, 1.54) is 0 Å². The highest BCUT2D eigenvalue weighted by Crippen LogP contribution is 2.17. The van der Waals surface area contributed by atoms with Crippen LogP contribution in [0.25, 0.3) is 0 Å². The van der Waals surface area contributed by atoms with Gasteiger partial charge in [-0.15, -0.1) is 0 Å². The van der Waals surface area contributed by atoms with Crippen LogP contribution in [0.1, 0.15) is 82.1 Å². The Morgan fingerprint density at radius 1 is 0.723 bits per heavy atom. The number of nitrogens with zero attached hydrogens (tertiary/aromatic N) is 3. The van der Waals surface area contributed by atoms with Crippen LogP contribution in [0.5, 0.6) is 0 Å². The average molecular weight is 693 g/mol. The number of hydrogen-bond acceptors (Lipinski definition) is 13. The summed E-state index contributed by atoms with van der Waals surface area (Å²) < 4.78 is 48.7. The largest absolute Gasteiger partial charge is 0.459 e. The molecule has 0 unspecified atom stereocenters. The maximum Gasteiger partial charge on any atom is 0.323 e. The maximum atomic E-state index is 13.6. The summed E-state index contributed by atoms with van der Waals surface area (Å²) in [4.78, 5) is 69.4. The van der Waals surface area contributed by atoms with Gasteiger partial charge in [-0.05, 0) is 75.7 Å². The molecule has 1 aliphatic rings. The number of ketones is 1. The first-order chi connectivity index (χ1) is 21.2. The molecule has 15 nitrogen and oxygen atoms in total. The van der Waals surface area contributed by atoms with Gasteiger partial charge in [-0.2, -0.15) is 8.42 Å². The molecule has 0 aromatic rings. The van der Waals surface area contributed by atoms with Gasteiger partial charge >= 0.3 is 17.9 Å². The second kappa shape index (κ2) is 17.7. The maximum absolute atomic E-state index is 13.6. The molecule has 1 amide bonds. The highest BCUT2D eigenvalue weighted by Gasteiger charge is 2.33.